The van der Waals surface area contributed by atoms with Crippen molar-refractivity contribution in [3.8, 4) is 0 Å². The molecule has 2 aromatic heterocycles. The fourth-order valence-electron chi connectivity index (χ4n) is 2.12. The van der Waals surface area contributed by atoms with Gasteiger partial charge in [-0.3, -0.25) is 0 Å². The van der Waals surface area contributed by atoms with Crippen molar-refractivity contribution in [1.82, 2.24) is 4.98 Å². The first kappa shape index (κ1) is 12.0. The summed E-state index contributed by atoms with van der Waals surface area (Å²) in [6.07, 6.45) is 3.15. The number of pyridine rings is 1. The molecule has 0 amide bonds. The van der Waals surface area contributed by atoms with Crippen LogP contribution >= 0.6 is 11.6 Å². The first-order valence-electron chi connectivity index (χ1n) is 5.79. The maximum Gasteiger partial charge on any atom is 0.134 e. The Kier molecular flexibility index (Phi) is 2.89. The van der Waals surface area contributed by atoms with Crippen molar-refractivity contribution in [3.05, 3.63) is 58.9 Å². The smallest absolute Gasteiger partial charge is 0.134 e. The van der Waals surface area contributed by atoms with Crippen LogP contribution in [0.1, 0.15) is 17.2 Å². The Hall–Kier alpha value is -2.04. The van der Waals surface area contributed by atoms with Gasteiger partial charge in [0, 0.05) is 22.7 Å². The Labute approximate surface area is 115 Å². The van der Waals surface area contributed by atoms with Crippen LogP contribution in [0.25, 0.3) is 11.0 Å². The molecule has 0 saturated heterocycles. The lowest BCUT2D eigenvalue weighted by atomic mass is 10.00. The van der Waals surface area contributed by atoms with Crippen molar-refractivity contribution >= 4 is 28.4 Å². The molecule has 96 valence electrons. The Bertz CT molecular complexity index is 738. The second kappa shape index (κ2) is 4.57. The van der Waals surface area contributed by atoms with E-state index in [0.29, 0.717) is 16.4 Å². The molecular formula is C14H12ClN3O. The number of hydrogen-bond acceptors (Lipinski definition) is 4. The largest absolute Gasteiger partial charge is 0.464 e. The van der Waals surface area contributed by atoms with Gasteiger partial charge in [0.25, 0.3) is 0 Å². The summed E-state index contributed by atoms with van der Waals surface area (Å²) in [5.41, 5.74) is 14.5. The number of nitrogen functional groups attached to an aromatic ring is 1. The van der Waals surface area contributed by atoms with Crippen molar-refractivity contribution in [1.29, 1.82) is 0 Å². The number of nitrogens with two attached hydrogens (primary N) is 2. The van der Waals surface area contributed by atoms with E-state index in [1.165, 1.54) is 6.20 Å². The summed E-state index contributed by atoms with van der Waals surface area (Å²) in [5.74, 6) is 0.377. The van der Waals surface area contributed by atoms with E-state index in [4.69, 9.17) is 27.5 Å². The number of aromatic nitrogens is 1. The molecule has 0 bridgehead atoms. The minimum Gasteiger partial charge on any atom is -0.464 e. The van der Waals surface area contributed by atoms with Gasteiger partial charge in [-0.2, -0.15) is 0 Å². The third kappa shape index (κ3) is 2.05. The highest BCUT2D eigenvalue weighted by molar-refractivity contribution is 6.30. The second-order valence-corrected chi connectivity index (χ2v) is 4.73. The lowest BCUT2D eigenvalue weighted by Crippen LogP contribution is -2.14. The number of furan rings is 1. The quantitative estimate of drug-likeness (QED) is 0.752. The SMILES string of the molecule is Nc1ncc(Cl)cc1C(N)c1coc2ccccc12. The van der Waals surface area contributed by atoms with Crippen molar-refractivity contribution in [2.75, 3.05) is 5.73 Å². The highest BCUT2D eigenvalue weighted by Crippen LogP contribution is 2.31. The molecule has 0 saturated carbocycles. The molecule has 5 heteroatoms. The predicted octanol–water partition coefficient (Wildman–Crippen LogP) is 3.11. The Morgan fingerprint density at radius 2 is 2.00 bits per heavy atom. The van der Waals surface area contributed by atoms with Crippen molar-refractivity contribution in [2.24, 2.45) is 5.73 Å². The first-order chi connectivity index (χ1) is 9.16. The van der Waals surface area contributed by atoms with Gasteiger partial charge in [-0.05, 0) is 12.1 Å². The van der Waals surface area contributed by atoms with Crippen LogP contribution in [0.4, 0.5) is 5.82 Å². The summed E-state index contributed by atoms with van der Waals surface area (Å²) in [6, 6.07) is 9.02. The second-order valence-electron chi connectivity index (χ2n) is 4.29. The van der Waals surface area contributed by atoms with Gasteiger partial charge in [0.05, 0.1) is 17.3 Å². The molecule has 3 rings (SSSR count). The van der Waals surface area contributed by atoms with Crippen LogP contribution in [0.2, 0.25) is 5.02 Å². The number of benzene rings is 1. The van der Waals surface area contributed by atoms with Gasteiger partial charge in [-0.1, -0.05) is 29.8 Å². The maximum absolute atomic E-state index is 6.26. The van der Waals surface area contributed by atoms with Gasteiger partial charge in [0.15, 0.2) is 0 Å². The summed E-state index contributed by atoms with van der Waals surface area (Å²) in [7, 11) is 0. The molecule has 4 nitrogen and oxygen atoms in total. The predicted molar refractivity (Wildman–Crippen MR) is 75.9 cm³/mol. The van der Waals surface area contributed by atoms with Crippen molar-refractivity contribution in [3.63, 3.8) is 0 Å². The van der Waals surface area contributed by atoms with Crippen LogP contribution in [0.3, 0.4) is 0 Å². The van der Waals surface area contributed by atoms with Crippen LogP contribution < -0.4 is 11.5 Å². The molecule has 0 aliphatic carbocycles. The topological polar surface area (TPSA) is 78.1 Å². The molecule has 1 aromatic carbocycles. The number of hydrogen-bond donors (Lipinski definition) is 2. The number of anilines is 1. The molecular weight excluding hydrogens is 262 g/mol. The summed E-state index contributed by atoms with van der Waals surface area (Å²) in [6.45, 7) is 0. The number of para-hydroxylation sites is 1. The molecule has 1 atom stereocenters. The fraction of sp³-hybridized carbons (Fsp3) is 0.0714. The van der Waals surface area contributed by atoms with Gasteiger partial charge >= 0.3 is 0 Å². The van der Waals surface area contributed by atoms with Crippen LogP contribution in [-0.2, 0) is 0 Å². The van der Waals surface area contributed by atoms with E-state index >= 15 is 0 Å². The highest BCUT2D eigenvalue weighted by Gasteiger charge is 2.18. The molecule has 3 aromatic rings. The molecule has 4 N–H and O–H groups in total. The van der Waals surface area contributed by atoms with E-state index in [1.54, 1.807) is 12.3 Å². The summed E-state index contributed by atoms with van der Waals surface area (Å²) in [5, 5.41) is 1.47. The molecule has 2 heterocycles. The summed E-state index contributed by atoms with van der Waals surface area (Å²) >= 11 is 5.94. The van der Waals surface area contributed by atoms with Gasteiger partial charge in [0.1, 0.15) is 11.4 Å². The third-order valence-corrected chi connectivity index (χ3v) is 3.30. The minimum absolute atomic E-state index is 0.377. The standard InChI is InChI=1S/C14H12ClN3O/c15-8-5-10(14(17)18-6-8)13(16)11-7-19-12-4-2-1-3-9(11)12/h1-7,13H,16H2,(H2,17,18). The van der Waals surface area contributed by atoms with E-state index in [-0.39, 0.29) is 0 Å². The van der Waals surface area contributed by atoms with Gasteiger partial charge in [0.2, 0.25) is 0 Å². The molecule has 0 spiro atoms. The molecule has 0 aliphatic heterocycles. The summed E-state index contributed by atoms with van der Waals surface area (Å²) < 4.78 is 5.49. The average Bonchev–Trinajstić information content (AvgIpc) is 2.84. The zero-order valence-electron chi connectivity index (χ0n) is 10.0. The number of halogens is 1. The summed E-state index contributed by atoms with van der Waals surface area (Å²) in [4.78, 5) is 4.02. The van der Waals surface area contributed by atoms with Crippen LogP contribution in [0.5, 0.6) is 0 Å². The van der Waals surface area contributed by atoms with Gasteiger partial charge in [-0.15, -0.1) is 0 Å². The fourth-order valence-corrected chi connectivity index (χ4v) is 2.29. The Morgan fingerprint density at radius 3 is 2.84 bits per heavy atom. The Balaban J connectivity index is 2.13. The molecule has 1 unspecified atom stereocenters. The van der Waals surface area contributed by atoms with Crippen molar-refractivity contribution in [2.45, 2.75) is 6.04 Å². The van der Waals surface area contributed by atoms with Gasteiger partial charge < -0.3 is 15.9 Å². The number of rotatable bonds is 2. The van der Waals surface area contributed by atoms with E-state index in [1.807, 2.05) is 24.3 Å². The molecule has 19 heavy (non-hydrogen) atoms. The normalized spacial score (nSPS) is 12.7. The van der Waals surface area contributed by atoms with Crippen LogP contribution in [0, 0.1) is 0 Å². The molecule has 0 aliphatic rings. The van der Waals surface area contributed by atoms with E-state index in [2.05, 4.69) is 4.98 Å². The highest BCUT2D eigenvalue weighted by atomic mass is 35.5. The van der Waals surface area contributed by atoms with E-state index in [9.17, 15) is 0 Å². The van der Waals surface area contributed by atoms with Crippen LogP contribution in [0.15, 0.2) is 47.2 Å². The maximum atomic E-state index is 6.26. The zero-order chi connectivity index (χ0) is 13.4. The molecule has 0 radical (unpaired) electrons. The van der Waals surface area contributed by atoms with Gasteiger partial charge in [-0.25, -0.2) is 4.98 Å². The lowest BCUT2D eigenvalue weighted by molar-refractivity contribution is 0.607. The average molecular weight is 274 g/mol. The number of nitrogens with zero attached hydrogens (tertiary/aromatic N) is 1. The molecule has 0 fully saturated rings. The third-order valence-electron chi connectivity index (χ3n) is 3.10. The Morgan fingerprint density at radius 1 is 1.21 bits per heavy atom. The van der Waals surface area contributed by atoms with Crippen LogP contribution in [-0.4, -0.2) is 4.98 Å². The number of fused-ring (bicyclic) bond motifs is 1. The van der Waals surface area contributed by atoms with E-state index < -0.39 is 6.04 Å². The minimum atomic E-state index is -0.421. The monoisotopic (exact) mass is 273 g/mol. The van der Waals surface area contributed by atoms with Crippen molar-refractivity contribution < 1.29 is 4.42 Å². The zero-order valence-corrected chi connectivity index (χ0v) is 10.8. The lowest BCUT2D eigenvalue weighted by Gasteiger charge is -2.12. The first-order valence-corrected chi connectivity index (χ1v) is 6.17. The van der Waals surface area contributed by atoms with E-state index in [0.717, 1.165) is 16.5 Å².